The van der Waals surface area contributed by atoms with Gasteiger partial charge in [-0.3, -0.25) is 4.90 Å². The number of nitrogens with zero attached hydrogens (tertiary/aromatic N) is 1. The lowest BCUT2D eigenvalue weighted by Gasteiger charge is -2.19. The molecule has 1 aliphatic rings. The number of benzene rings is 1. The van der Waals surface area contributed by atoms with Crippen molar-refractivity contribution in [1.82, 2.24) is 9.62 Å². The zero-order valence-corrected chi connectivity index (χ0v) is 14.4. The van der Waals surface area contributed by atoms with E-state index in [2.05, 4.69) is 32.5 Å². The van der Waals surface area contributed by atoms with E-state index in [0.29, 0.717) is 22.1 Å². The first kappa shape index (κ1) is 16.2. The average Bonchev–Trinajstić information content (AvgIpc) is 3.22. The third-order valence-electron chi connectivity index (χ3n) is 3.36. The molecule has 1 aromatic carbocycles. The van der Waals surface area contributed by atoms with E-state index in [-0.39, 0.29) is 4.90 Å². The molecule has 2 rings (SSSR count). The maximum atomic E-state index is 12.2. The highest BCUT2D eigenvalue weighted by atomic mass is 79.9. The Morgan fingerprint density at radius 2 is 2.15 bits per heavy atom. The maximum absolute atomic E-state index is 12.2. The standard InChI is InChI=1S/C13H18BrClN2O2S/c1-2-17(10-3-4-10)8-7-16-20(18,19)11-5-6-13(15)12(14)9-11/h5-6,9-10,16H,2-4,7-8H2,1H3. The van der Waals surface area contributed by atoms with Crippen molar-refractivity contribution in [3.05, 3.63) is 27.7 Å². The van der Waals surface area contributed by atoms with Crippen molar-refractivity contribution in [2.45, 2.75) is 30.7 Å². The lowest BCUT2D eigenvalue weighted by Crippen LogP contribution is -2.36. The normalized spacial score (nSPS) is 15.8. The third-order valence-corrected chi connectivity index (χ3v) is 6.03. The van der Waals surface area contributed by atoms with Crippen molar-refractivity contribution in [3.8, 4) is 0 Å². The largest absolute Gasteiger partial charge is 0.299 e. The summed E-state index contributed by atoms with van der Waals surface area (Å²) in [4.78, 5) is 2.53. The van der Waals surface area contributed by atoms with Gasteiger partial charge in [0.1, 0.15) is 0 Å². The van der Waals surface area contributed by atoms with Crippen LogP contribution < -0.4 is 4.72 Å². The quantitative estimate of drug-likeness (QED) is 0.790. The Labute approximate surface area is 133 Å². The van der Waals surface area contributed by atoms with Crippen LogP contribution in [0.5, 0.6) is 0 Å². The van der Waals surface area contributed by atoms with E-state index in [1.54, 1.807) is 6.07 Å². The van der Waals surface area contributed by atoms with Crippen LogP contribution in [0.25, 0.3) is 0 Å². The number of sulfonamides is 1. The Kier molecular flexibility index (Phi) is 5.48. The van der Waals surface area contributed by atoms with Crippen molar-refractivity contribution < 1.29 is 8.42 Å². The zero-order chi connectivity index (χ0) is 14.8. The Hall–Kier alpha value is -0.140. The van der Waals surface area contributed by atoms with Gasteiger partial charge in [0.15, 0.2) is 0 Å². The minimum atomic E-state index is -3.47. The van der Waals surface area contributed by atoms with Crippen LogP contribution in [-0.4, -0.2) is 39.0 Å². The molecule has 0 aliphatic heterocycles. The first-order valence-electron chi connectivity index (χ1n) is 6.63. The Bertz CT molecular complexity index is 576. The summed E-state index contributed by atoms with van der Waals surface area (Å²) in [6.45, 7) is 4.23. The molecule has 20 heavy (non-hydrogen) atoms. The second-order valence-corrected chi connectivity index (χ2v) is 7.86. The van der Waals surface area contributed by atoms with E-state index in [9.17, 15) is 8.42 Å². The number of nitrogens with one attached hydrogen (secondary N) is 1. The number of likely N-dealkylation sites (N-methyl/N-ethyl adjacent to an activating group) is 1. The molecule has 0 atom stereocenters. The predicted octanol–water partition coefficient (Wildman–Crippen LogP) is 2.87. The van der Waals surface area contributed by atoms with Crippen molar-refractivity contribution in [2.75, 3.05) is 19.6 Å². The van der Waals surface area contributed by atoms with Gasteiger partial charge >= 0.3 is 0 Å². The molecule has 0 saturated heterocycles. The molecule has 1 saturated carbocycles. The second kappa shape index (κ2) is 6.75. The summed E-state index contributed by atoms with van der Waals surface area (Å²) in [6, 6.07) is 5.24. The average molecular weight is 382 g/mol. The summed E-state index contributed by atoms with van der Waals surface area (Å²) >= 11 is 9.10. The number of rotatable bonds is 7. The van der Waals surface area contributed by atoms with Crippen LogP contribution in [0.2, 0.25) is 5.02 Å². The summed E-state index contributed by atoms with van der Waals surface area (Å²) in [5.41, 5.74) is 0. The van der Waals surface area contributed by atoms with E-state index < -0.39 is 10.0 Å². The molecule has 4 nitrogen and oxygen atoms in total. The summed E-state index contributed by atoms with van der Waals surface area (Å²) < 4.78 is 27.5. The van der Waals surface area contributed by atoms with Crippen molar-refractivity contribution in [1.29, 1.82) is 0 Å². The van der Waals surface area contributed by atoms with Gasteiger partial charge in [-0.05, 0) is 53.5 Å². The Morgan fingerprint density at radius 3 is 2.70 bits per heavy atom. The minimum absolute atomic E-state index is 0.225. The highest BCUT2D eigenvalue weighted by Gasteiger charge is 2.27. The molecular formula is C13H18BrClN2O2S. The van der Waals surface area contributed by atoms with E-state index in [1.807, 2.05) is 0 Å². The van der Waals surface area contributed by atoms with Gasteiger partial charge in [0.05, 0.1) is 9.92 Å². The third kappa shape index (κ3) is 4.18. The van der Waals surface area contributed by atoms with Crippen molar-refractivity contribution >= 4 is 37.6 Å². The minimum Gasteiger partial charge on any atom is -0.299 e. The summed E-state index contributed by atoms with van der Waals surface area (Å²) in [5.74, 6) is 0. The smallest absolute Gasteiger partial charge is 0.240 e. The summed E-state index contributed by atoms with van der Waals surface area (Å²) in [6.07, 6.45) is 2.45. The maximum Gasteiger partial charge on any atom is 0.240 e. The van der Waals surface area contributed by atoms with E-state index in [0.717, 1.165) is 13.1 Å². The lowest BCUT2D eigenvalue weighted by atomic mass is 10.4. The molecule has 1 N–H and O–H groups in total. The first-order valence-corrected chi connectivity index (χ1v) is 9.28. The van der Waals surface area contributed by atoms with Gasteiger partial charge in [-0.25, -0.2) is 13.1 Å². The fourth-order valence-electron chi connectivity index (χ4n) is 2.09. The molecule has 0 unspecified atom stereocenters. The molecule has 0 amide bonds. The van der Waals surface area contributed by atoms with Gasteiger partial charge in [-0.2, -0.15) is 0 Å². The fraction of sp³-hybridized carbons (Fsp3) is 0.538. The zero-order valence-electron chi connectivity index (χ0n) is 11.3. The highest BCUT2D eigenvalue weighted by Crippen LogP contribution is 2.26. The van der Waals surface area contributed by atoms with E-state index >= 15 is 0 Å². The molecule has 0 aromatic heterocycles. The van der Waals surface area contributed by atoms with Crippen LogP contribution in [0.1, 0.15) is 19.8 Å². The van der Waals surface area contributed by atoms with Gasteiger partial charge in [0.2, 0.25) is 10.0 Å². The van der Waals surface area contributed by atoms with Crippen molar-refractivity contribution in [2.24, 2.45) is 0 Å². The molecule has 1 aromatic rings. The molecule has 7 heteroatoms. The molecule has 0 bridgehead atoms. The highest BCUT2D eigenvalue weighted by molar-refractivity contribution is 9.10. The number of hydrogen-bond donors (Lipinski definition) is 1. The predicted molar refractivity (Wildman–Crippen MR) is 84.6 cm³/mol. The molecule has 0 radical (unpaired) electrons. The SMILES string of the molecule is CCN(CCNS(=O)(=O)c1ccc(Cl)c(Br)c1)C1CC1. The van der Waals surface area contributed by atoms with Gasteiger partial charge in [-0.1, -0.05) is 18.5 Å². The first-order chi connectivity index (χ1) is 9.44. The van der Waals surface area contributed by atoms with Crippen LogP contribution in [-0.2, 0) is 10.0 Å². The second-order valence-electron chi connectivity index (χ2n) is 4.83. The molecular weight excluding hydrogens is 364 g/mol. The molecule has 1 aliphatic carbocycles. The monoisotopic (exact) mass is 380 g/mol. The van der Waals surface area contributed by atoms with Crippen LogP contribution in [0.4, 0.5) is 0 Å². The Balaban J connectivity index is 1.94. The van der Waals surface area contributed by atoms with E-state index in [4.69, 9.17) is 11.6 Å². The van der Waals surface area contributed by atoms with Gasteiger partial charge in [0.25, 0.3) is 0 Å². The van der Waals surface area contributed by atoms with Gasteiger partial charge in [-0.15, -0.1) is 0 Å². The lowest BCUT2D eigenvalue weighted by molar-refractivity contribution is 0.282. The van der Waals surface area contributed by atoms with Gasteiger partial charge < -0.3 is 0 Å². The van der Waals surface area contributed by atoms with Crippen molar-refractivity contribution in [3.63, 3.8) is 0 Å². The summed E-state index contributed by atoms with van der Waals surface area (Å²) in [5, 5.41) is 0.495. The summed E-state index contributed by atoms with van der Waals surface area (Å²) in [7, 11) is -3.47. The molecule has 112 valence electrons. The molecule has 1 fully saturated rings. The fourth-order valence-corrected chi connectivity index (χ4v) is 3.78. The number of halogens is 2. The molecule has 0 heterocycles. The molecule has 0 spiro atoms. The van der Waals surface area contributed by atoms with E-state index in [1.165, 1.54) is 25.0 Å². The number of hydrogen-bond acceptors (Lipinski definition) is 3. The topological polar surface area (TPSA) is 49.4 Å². The van der Waals surface area contributed by atoms with Crippen LogP contribution in [0.3, 0.4) is 0 Å². The van der Waals surface area contributed by atoms with Crippen LogP contribution in [0, 0.1) is 0 Å². The van der Waals surface area contributed by atoms with Crippen LogP contribution in [0.15, 0.2) is 27.6 Å². The van der Waals surface area contributed by atoms with Crippen LogP contribution >= 0.6 is 27.5 Å². The van der Waals surface area contributed by atoms with Gasteiger partial charge in [0, 0.05) is 23.6 Å². The Morgan fingerprint density at radius 1 is 1.45 bits per heavy atom.